The fourth-order valence-corrected chi connectivity index (χ4v) is 3.41. The Labute approximate surface area is 177 Å². The number of carbonyl (C=O) groups is 1. The van der Waals surface area contributed by atoms with E-state index in [-0.39, 0.29) is 12.2 Å². The predicted molar refractivity (Wildman–Crippen MR) is 117 cm³/mol. The van der Waals surface area contributed by atoms with Crippen molar-refractivity contribution in [2.24, 2.45) is 0 Å². The molecule has 144 valence electrons. The summed E-state index contributed by atoms with van der Waals surface area (Å²) in [5.41, 5.74) is 2.92. The Morgan fingerprint density at radius 2 is 2.14 bits per heavy atom. The zero-order valence-corrected chi connectivity index (χ0v) is 17.1. The molecule has 0 atom stereocenters. The topological polar surface area (TPSA) is 77.9 Å². The van der Waals surface area contributed by atoms with E-state index in [4.69, 9.17) is 11.2 Å². The van der Waals surface area contributed by atoms with Crippen LogP contribution in [-0.2, 0) is 11.2 Å². The Morgan fingerprint density at radius 3 is 2.90 bits per heavy atom. The number of para-hydroxylation sites is 1. The maximum Gasteiger partial charge on any atom is 0.261 e. The number of aromatic nitrogens is 1. The number of ether oxygens (including phenoxy) is 1. The number of fused-ring (bicyclic) bond motifs is 1. The highest BCUT2D eigenvalue weighted by Crippen LogP contribution is 2.27. The van der Waals surface area contributed by atoms with Gasteiger partial charge in [0.15, 0.2) is 0 Å². The van der Waals surface area contributed by atoms with Crippen LogP contribution in [0, 0.1) is 23.7 Å². The molecule has 1 heterocycles. The highest BCUT2D eigenvalue weighted by molar-refractivity contribution is 9.10. The molecule has 0 saturated carbocycles. The van der Waals surface area contributed by atoms with Crippen molar-refractivity contribution in [2.75, 3.05) is 13.2 Å². The van der Waals surface area contributed by atoms with Crippen LogP contribution in [0.3, 0.4) is 0 Å². The number of hydrogen-bond acceptors (Lipinski definition) is 3. The number of nitriles is 1. The van der Waals surface area contributed by atoms with Crippen molar-refractivity contribution >= 4 is 38.8 Å². The molecule has 2 aromatic carbocycles. The van der Waals surface area contributed by atoms with Crippen LogP contribution >= 0.6 is 15.9 Å². The second-order valence-electron chi connectivity index (χ2n) is 6.22. The molecule has 0 radical (unpaired) electrons. The Kier molecular flexibility index (Phi) is 6.73. The van der Waals surface area contributed by atoms with Gasteiger partial charge < -0.3 is 15.0 Å². The van der Waals surface area contributed by atoms with Gasteiger partial charge >= 0.3 is 0 Å². The second kappa shape index (κ2) is 9.64. The molecule has 3 aromatic rings. The number of halogens is 1. The van der Waals surface area contributed by atoms with E-state index in [1.807, 2.05) is 36.5 Å². The van der Waals surface area contributed by atoms with Gasteiger partial charge in [-0.15, -0.1) is 6.42 Å². The van der Waals surface area contributed by atoms with Crippen LogP contribution in [0.4, 0.5) is 0 Å². The number of carbonyl (C=O) groups excluding carboxylic acids is 1. The fourth-order valence-electron chi connectivity index (χ4n) is 2.90. The third-order valence-corrected chi connectivity index (χ3v) is 4.92. The molecule has 6 heteroatoms. The van der Waals surface area contributed by atoms with Gasteiger partial charge in [0, 0.05) is 23.6 Å². The quantitative estimate of drug-likeness (QED) is 0.323. The van der Waals surface area contributed by atoms with Gasteiger partial charge in [-0.25, -0.2) is 0 Å². The van der Waals surface area contributed by atoms with Crippen molar-refractivity contribution in [3.05, 3.63) is 69.8 Å². The number of benzene rings is 2. The molecule has 1 amide bonds. The summed E-state index contributed by atoms with van der Waals surface area (Å²) in [6.45, 7) is 0.596. The minimum absolute atomic E-state index is 0.0353. The van der Waals surface area contributed by atoms with Crippen molar-refractivity contribution in [2.45, 2.75) is 6.42 Å². The van der Waals surface area contributed by atoms with E-state index in [0.29, 0.717) is 28.8 Å². The van der Waals surface area contributed by atoms with Crippen molar-refractivity contribution in [1.82, 2.24) is 10.3 Å². The first kappa shape index (κ1) is 20.3. The predicted octanol–water partition coefficient (Wildman–Crippen LogP) is 4.21. The van der Waals surface area contributed by atoms with E-state index < -0.39 is 5.91 Å². The first-order valence-corrected chi connectivity index (χ1v) is 9.72. The molecule has 1 aromatic heterocycles. The second-order valence-corrected chi connectivity index (χ2v) is 7.07. The summed E-state index contributed by atoms with van der Waals surface area (Å²) in [4.78, 5) is 15.6. The summed E-state index contributed by atoms with van der Waals surface area (Å²) in [6, 6.07) is 15.2. The van der Waals surface area contributed by atoms with E-state index in [0.717, 1.165) is 16.5 Å². The lowest BCUT2D eigenvalue weighted by molar-refractivity contribution is -0.117. The SMILES string of the molecule is C#CCOc1ccc(/C=C(/C#N)C(=O)NCCc2c[nH]c3ccccc23)cc1Br. The number of H-pyrrole nitrogens is 1. The lowest BCUT2D eigenvalue weighted by atomic mass is 10.1. The van der Waals surface area contributed by atoms with Crippen molar-refractivity contribution in [3.8, 4) is 24.2 Å². The molecule has 3 rings (SSSR count). The van der Waals surface area contributed by atoms with Gasteiger partial charge in [0.25, 0.3) is 5.91 Å². The first-order chi connectivity index (χ1) is 14.1. The van der Waals surface area contributed by atoms with Crippen molar-refractivity contribution in [3.63, 3.8) is 0 Å². The minimum atomic E-state index is -0.406. The maximum absolute atomic E-state index is 12.4. The third kappa shape index (κ3) is 5.07. The van der Waals surface area contributed by atoms with Crippen LogP contribution in [0.25, 0.3) is 17.0 Å². The molecule has 0 spiro atoms. The van der Waals surface area contributed by atoms with Crippen LogP contribution in [0.2, 0.25) is 0 Å². The lowest BCUT2D eigenvalue weighted by Crippen LogP contribution is -2.26. The molecule has 0 aliphatic rings. The summed E-state index contributed by atoms with van der Waals surface area (Å²) in [6.07, 6.45) is 9.34. The van der Waals surface area contributed by atoms with Crippen LogP contribution < -0.4 is 10.1 Å². The monoisotopic (exact) mass is 447 g/mol. The van der Waals surface area contributed by atoms with E-state index in [2.05, 4.69) is 32.2 Å². The lowest BCUT2D eigenvalue weighted by Gasteiger charge is -2.07. The van der Waals surface area contributed by atoms with Gasteiger partial charge in [0.1, 0.15) is 24.0 Å². The van der Waals surface area contributed by atoms with Gasteiger partial charge in [-0.1, -0.05) is 30.2 Å². The molecular formula is C23H18BrN3O2. The molecule has 5 nitrogen and oxygen atoms in total. The summed E-state index contributed by atoms with van der Waals surface area (Å²) >= 11 is 3.40. The van der Waals surface area contributed by atoms with E-state index in [9.17, 15) is 10.1 Å². The van der Waals surface area contributed by atoms with Crippen LogP contribution in [-0.4, -0.2) is 24.0 Å². The minimum Gasteiger partial charge on any atom is -0.480 e. The molecule has 0 aliphatic carbocycles. The van der Waals surface area contributed by atoms with Crippen LogP contribution in [0.15, 0.2) is 58.7 Å². The van der Waals surface area contributed by atoms with Gasteiger partial charge in [0.2, 0.25) is 0 Å². The largest absolute Gasteiger partial charge is 0.480 e. The zero-order valence-electron chi connectivity index (χ0n) is 15.5. The molecule has 0 aliphatic heterocycles. The summed E-state index contributed by atoms with van der Waals surface area (Å²) in [5, 5.41) is 13.3. The van der Waals surface area contributed by atoms with Crippen molar-refractivity contribution in [1.29, 1.82) is 5.26 Å². The van der Waals surface area contributed by atoms with Gasteiger partial charge in [0.05, 0.1) is 4.47 Å². The number of nitrogens with zero attached hydrogens (tertiary/aromatic N) is 1. The highest BCUT2D eigenvalue weighted by Gasteiger charge is 2.10. The van der Waals surface area contributed by atoms with Gasteiger partial charge in [-0.3, -0.25) is 4.79 Å². The molecule has 29 heavy (non-hydrogen) atoms. The molecule has 0 unspecified atom stereocenters. The van der Waals surface area contributed by atoms with E-state index in [1.54, 1.807) is 18.2 Å². The number of nitrogens with one attached hydrogen (secondary N) is 2. The molecule has 0 saturated heterocycles. The molecule has 0 bridgehead atoms. The normalized spacial score (nSPS) is 10.9. The Bertz CT molecular complexity index is 1150. The molecule has 0 fully saturated rings. The molecule has 2 N–H and O–H groups in total. The number of terminal acetylenes is 1. The summed E-state index contributed by atoms with van der Waals surface area (Å²) in [7, 11) is 0. The summed E-state index contributed by atoms with van der Waals surface area (Å²) in [5.74, 6) is 2.59. The Balaban J connectivity index is 1.63. The standard InChI is InChI=1S/C23H18BrN3O2/c1-2-11-29-22-8-7-16(13-20(22)24)12-18(14-25)23(28)26-10-9-17-15-27-21-6-4-3-5-19(17)21/h1,3-8,12-13,15,27H,9-11H2,(H,26,28)/b18-12-. The summed E-state index contributed by atoms with van der Waals surface area (Å²) < 4.78 is 6.08. The number of amides is 1. The number of hydrogen-bond donors (Lipinski definition) is 2. The number of aromatic amines is 1. The Hall–Kier alpha value is -3.48. The molecular weight excluding hydrogens is 430 g/mol. The maximum atomic E-state index is 12.4. The van der Waals surface area contributed by atoms with Crippen molar-refractivity contribution < 1.29 is 9.53 Å². The van der Waals surface area contributed by atoms with Crippen LogP contribution in [0.1, 0.15) is 11.1 Å². The zero-order chi connectivity index (χ0) is 20.6. The highest BCUT2D eigenvalue weighted by atomic mass is 79.9. The smallest absolute Gasteiger partial charge is 0.261 e. The average molecular weight is 448 g/mol. The first-order valence-electron chi connectivity index (χ1n) is 8.93. The average Bonchev–Trinajstić information content (AvgIpc) is 3.14. The van der Waals surface area contributed by atoms with E-state index in [1.165, 1.54) is 6.08 Å². The Morgan fingerprint density at radius 1 is 1.31 bits per heavy atom. The fraction of sp³-hybridized carbons (Fsp3) is 0.130. The van der Waals surface area contributed by atoms with Gasteiger partial charge in [-0.05, 0) is 57.8 Å². The third-order valence-electron chi connectivity index (χ3n) is 4.30. The van der Waals surface area contributed by atoms with Crippen LogP contribution in [0.5, 0.6) is 5.75 Å². The van der Waals surface area contributed by atoms with E-state index >= 15 is 0 Å². The number of rotatable bonds is 7. The van der Waals surface area contributed by atoms with Gasteiger partial charge in [-0.2, -0.15) is 5.26 Å².